The third-order valence-corrected chi connectivity index (χ3v) is 4.68. The van der Waals surface area contributed by atoms with Crippen molar-refractivity contribution in [3.63, 3.8) is 0 Å². The summed E-state index contributed by atoms with van der Waals surface area (Å²) in [5.74, 6) is 0.145. The highest BCUT2D eigenvalue weighted by atomic mass is 32.2. The number of nitrogens with zero attached hydrogens (tertiary/aromatic N) is 2. The fraction of sp³-hybridized carbons (Fsp3) is 0.333. The fourth-order valence-corrected chi connectivity index (χ4v) is 3.55. The van der Waals surface area contributed by atoms with Gasteiger partial charge in [0.1, 0.15) is 0 Å². The average Bonchev–Trinajstić information content (AvgIpc) is 3.12. The molecule has 1 amide bonds. The molecule has 2 aromatic rings. The maximum atomic E-state index is 12.1. The van der Waals surface area contributed by atoms with E-state index in [0.717, 1.165) is 19.4 Å². The molecule has 1 aromatic heterocycles. The van der Waals surface area contributed by atoms with Crippen LogP contribution in [0.1, 0.15) is 12.0 Å². The first-order chi connectivity index (χ1) is 9.83. The summed E-state index contributed by atoms with van der Waals surface area (Å²) in [5, 5.41) is 7.18. The van der Waals surface area contributed by atoms with Gasteiger partial charge in [-0.1, -0.05) is 18.2 Å². The number of fused-ring (bicyclic) bond motifs is 1. The third kappa shape index (κ3) is 3.04. The second kappa shape index (κ2) is 6.13. The Bertz CT molecular complexity index is 558. The summed E-state index contributed by atoms with van der Waals surface area (Å²) < 4.78 is 1.88. The van der Waals surface area contributed by atoms with Crippen LogP contribution in [0.5, 0.6) is 0 Å². The van der Waals surface area contributed by atoms with Gasteiger partial charge in [-0.25, -0.2) is 0 Å². The van der Waals surface area contributed by atoms with Crippen LogP contribution in [-0.2, 0) is 17.8 Å². The van der Waals surface area contributed by atoms with E-state index in [1.165, 1.54) is 10.5 Å². The van der Waals surface area contributed by atoms with Crippen LogP contribution in [0, 0.1) is 0 Å². The van der Waals surface area contributed by atoms with Crippen molar-refractivity contribution >= 4 is 17.7 Å². The van der Waals surface area contributed by atoms with E-state index in [1.54, 1.807) is 18.0 Å². The van der Waals surface area contributed by atoms with Gasteiger partial charge in [0, 0.05) is 30.4 Å². The second-order valence-electron chi connectivity index (χ2n) is 4.83. The minimum atomic E-state index is 0.0251. The number of hydrogen-bond donors (Lipinski definition) is 1. The number of benzene rings is 1. The van der Waals surface area contributed by atoms with Crippen molar-refractivity contribution in [3.05, 3.63) is 48.3 Å². The molecule has 1 aromatic carbocycles. The summed E-state index contributed by atoms with van der Waals surface area (Å²) in [6.45, 7) is 1.54. The largest absolute Gasteiger partial charge is 0.355 e. The van der Waals surface area contributed by atoms with Crippen molar-refractivity contribution in [1.29, 1.82) is 0 Å². The number of hydrogen-bond acceptors (Lipinski definition) is 3. The summed E-state index contributed by atoms with van der Waals surface area (Å²) in [5.41, 5.74) is 1.29. The second-order valence-corrected chi connectivity index (χ2v) is 6.08. The van der Waals surface area contributed by atoms with Crippen molar-refractivity contribution in [1.82, 2.24) is 15.1 Å². The zero-order valence-corrected chi connectivity index (χ0v) is 12.0. The lowest BCUT2D eigenvalue weighted by Gasteiger charge is -2.09. The lowest BCUT2D eigenvalue weighted by Crippen LogP contribution is -2.33. The minimum Gasteiger partial charge on any atom is -0.355 e. The van der Waals surface area contributed by atoms with Gasteiger partial charge in [0.15, 0.2) is 0 Å². The smallest absolute Gasteiger partial charge is 0.233 e. The highest BCUT2D eigenvalue weighted by Gasteiger charge is 2.27. The van der Waals surface area contributed by atoms with Gasteiger partial charge >= 0.3 is 0 Å². The van der Waals surface area contributed by atoms with E-state index < -0.39 is 0 Å². The van der Waals surface area contributed by atoms with Gasteiger partial charge in [-0.2, -0.15) is 5.10 Å². The molecule has 0 radical (unpaired) electrons. The van der Waals surface area contributed by atoms with E-state index in [2.05, 4.69) is 22.5 Å². The van der Waals surface area contributed by atoms with Crippen LogP contribution in [0.2, 0.25) is 0 Å². The van der Waals surface area contributed by atoms with Crippen molar-refractivity contribution in [3.8, 4) is 0 Å². The Morgan fingerprint density at radius 1 is 1.40 bits per heavy atom. The minimum absolute atomic E-state index is 0.0251. The Morgan fingerprint density at radius 3 is 3.10 bits per heavy atom. The standard InChI is InChI=1S/C15H17N3OS/c19-15(16-7-3-9-18-10-4-8-17-18)14-11-12-5-1-2-6-13(12)20-14/h1-2,4-6,8,10,14H,3,7,9,11H2,(H,16,19). The van der Waals surface area contributed by atoms with Crippen LogP contribution in [0.15, 0.2) is 47.6 Å². The predicted molar refractivity (Wildman–Crippen MR) is 79.6 cm³/mol. The quantitative estimate of drug-likeness (QED) is 0.857. The first-order valence-corrected chi connectivity index (χ1v) is 7.70. The molecule has 4 nitrogen and oxygen atoms in total. The lowest BCUT2D eigenvalue weighted by atomic mass is 10.1. The summed E-state index contributed by atoms with van der Waals surface area (Å²) in [4.78, 5) is 13.4. The van der Waals surface area contributed by atoms with Crippen LogP contribution < -0.4 is 5.32 Å². The van der Waals surface area contributed by atoms with Gasteiger partial charge in [0.05, 0.1) is 5.25 Å². The zero-order valence-electron chi connectivity index (χ0n) is 11.2. The molecule has 1 aliphatic heterocycles. The van der Waals surface area contributed by atoms with Crippen LogP contribution in [-0.4, -0.2) is 27.5 Å². The SMILES string of the molecule is O=C(NCCCn1cccn1)C1Cc2ccccc2S1. The Kier molecular flexibility index (Phi) is 4.06. The number of aromatic nitrogens is 2. The lowest BCUT2D eigenvalue weighted by molar-refractivity contribution is -0.120. The summed E-state index contributed by atoms with van der Waals surface area (Å²) in [6, 6.07) is 10.2. The molecule has 2 heterocycles. The summed E-state index contributed by atoms with van der Waals surface area (Å²) in [7, 11) is 0. The van der Waals surface area contributed by atoms with Crippen molar-refractivity contribution in [2.24, 2.45) is 0 Å². The van der Waals surface area contributed by atoms with E-state index in [-0.39, 0.29) is 11.2 Å². The number of rotatable bonds is 5. The number of aryl methyl sites for hydroxylation is 1. The molecule has 0 aliphatic carbocycles. The predicted octanol–water partition coefficient (Wildman–Crippen LogP) is 2.11. The van der Waals surface area contributed by atoms with Crippen LogP contribution in [0.25, 0.3) is 0 Å². The normalized spacial score (nSPS) is 16.9. The third-order valence-electron chi connectivity index (χ3n) is 3.36. The molecule has 0 fully saturated rings. The molecule has 3 rings (SSSR count). The van der Waals surface area contributed by atoms with Gasteiger partial charge in [-0.05, 0) is 30.5 Å². The molecule has 1 unspecified atom stereocenters. The maximum absolute atomic E-state index is 12.1. The highest BCUT2D eigenvalue weighted by molar-refractivity contribution is 8.01. The number of nitrogens with one attached hydrogen (secondary N) is 1. The molecule has 0 saturated carbocycles. The van der Waals surface area contributed by atoms with Gasteiger partial charge in [-0.15, -0.1) is 11.8 Å². The first-order valence-electron chi connectivity index (χ1n) is 6.82. The monoisotopic (exact) mass is 287 g/mol. The molecule has 20 heavy (non-hydrogen) atoms. The molecule has 0 bridgehead atoms. The number of carbonyl (C=O) groups is 1. The number of thioether (sulfide) groups is 1. The van der Waals surface area contributed by atoms with E-state index in [9.17, 15) is 4.79 Å². The topological polar surface area (TPSA) is 46.9 Å². The Hall–Kier alpha value is -1.75. The number of amides is 1. The van der Waals surface area contributed by atoms with Crippen LogP contribution in [0.3, 0.4) is 0 Å². The van der Waals surface area contributed by atoms with Gasteiger partial charge < -0.3 is 5.32 Å². The summed E-state index contributed by atoms with van der Waals surface area (Å²) in [6.07, 6.45) is 5.44. The van der Waals surface area contributed by atoms with Gasteiger partial charge in [-0.3, -0.25) is 9.48 Å². The van der Waals surface area contributed by atoms with E-state index >= 15 is 0 Å². The maximum Gasteiger partial charge on any atom is 0.233 e. The fourth-order valence-electron chi connectivity index (χ4n) is 2.33. The van der Waals surface area contributed by atoms with Crippen LogP contribution in [0.4, 0.5) is 0 Å². The average molecular weight is 287 g/mol. The first kappa shape index (κ1) is 13.2. The molecule has 0 saturated heterocycles. The summed E-state index contributed by atoms with van der Waals surface area (Å²) >= 11 is 1.67. The Labute approximate surface area is 122 Å². The molecule has 0 spiro atoms. The molecule has 1 N–H and O–H groups in total. The molecule has 1 atom stereocenters. The molecular formula is C15H17N3OS. The molecule has 1 aliphatic rings. The number of carbonyl (C=O) groups excluding carboxylic acids is 1. The van der Waals surface area contributed by atoms with Gasteiger partial charge in [0.2, 0.25) is 5.91 Å². The van der Waals surface area contributed by atoms with Crippen molar-refractivity contribution in [2.45, 2.75) is 29.5 Å². The van der Waals surface area contributed by atoms with Crippen molar-refractivity contribution < 1.29 is 4.79 Å². The van der Waals surface area contributed by atoms with Gasteiger partial charge in [0.25, 0.3) is 0 Å². The van der Waals surface area contributed by atoms with E-state index in [4.69, 9.17) is 0 Å². The highest BCUT2D eigenvalue weighted by Crippen LogP contribution is 2.36. The Morgan fingerprint density at radius 2 is 2.30 bits per heavy atom. The molecule has 5 heteroatoms. The zero-order chi connectivity index (χ0) is 13.8. The van der Waals surface area contributed by atoms with E-state index in [0.29, 0.717) is 6.54 Å². The van der Waals surface area contributed by atoms with Crippen LogP contribution >= 0.6 is 11.8 Å². The van der Waals surface area contributed by atoms with E-state index in [1.807, 2.05) is 29.1 Å². The molecule has 104 valence electrons. The Balaban J connectivity index is 1.42. The molecular weight excluding hydrogens is 270 g/mol. The van der Waals surface area contributed by atoms with Crippen molar-refractivity contribution in [2.75, 3.05) is 6.54 Å².